The van der Waals surface area contributed by atoms with Crippen molar-refractivity contribution in [3.05, 3.63) is 24.3 Å². The summed E-state index contributed by atoms with van der Waals surface area (Å²) in [6.45, 7) is 2.14. The predicted molar refractivity (Wildman–Crippen MR) is 81.8 cm³/mol. The number of anilines is 1. The van der Waals surface area contributed by atoms with Crippen molar-refractivity contribution in [2.45, 2.75) is 18.9 Å². The number of nitrogens with zero attached hydrogens (tertiary/aromatic N) is 1. The summed E-state index contributed by atoms with van der Waals surface area (Å²) < 4.78 is 5.93. The van der Waals surface area contributed by atoms with Gasteiger partial charge in [0.2, 0.25) is 0 Å². The van der Waals surface area contributed by atoms with Crippen LogP contribution in [0.3, 0.4) is 0 Å². The number of halogens is 2. The van der Waals surface area contributed by atoms with Crippen LogP contribution in [-0.2, 0) is 0 Å². The molecule has 0 spiro atoms. The van der Waals surface area contributed by atoms with Crippen molar-refractivity contribution in [2.24, 2.45) is 0 Å². The average molecular weight is 293 g/mol. The number of benzene rings is 1. The fourth-order valence-corrected chi connectivity index (χ4v) is 1.93. The highest BCUT2D eigenvalue weighted by Crippen LogP contribution is 2.20. The third kappa shape index (κ3) is 4.92. The number of ether oxygens (including phenoxy) is 1. The van der Waals surface area contributed by atoms with Crippen LogP contribution in [0.5, 0.6) is 5.75 Å². The Kier molecular flexibility index (Phi) is 8.16. The van der Waals surface area contributed by atoms with Crippen LogP contribution in [-0.4, -0.2) is 33.3 Å². The molecule has 104 valence electrons. The second-order valence-electron chi connectivity index (χ2n) is 4.46. The maximum Gasteiger partial charge on any atom is 0.119 e. The van der Waals surface area contributed by atoms with E-state index in [0.717, 1.165) is 31.7 Å². The van der Waals surface area contributed by atoms with Crippen LogP contribution < -0.4 is 15.0 Å². The Morgan fingerprint density at radius 1 is 1.06 bits per heavy atom. The molecule has 0 aromatic heterocycles. The summed E-state index contributed by atoms with van der Waals surface area (Å²) in [6, 6.07) is 8.29. The molecule has 1 fully saturated rings. The molecular formula is C13H22Cl2N2O. The minimum absolute atomic E-state index is 0. The summed E-state index contributed by atoms with van der Waals surface area (Å²) in [5, 5.41) is 3.34. The van der Waals surface area contributed by atoms with E-state index >= 15 is 0 Å². The zero-order valence-electron chi connectivity index (χ0n) is 10.9. The Morgan fingerprint density at radius 3 is 2.11 bits per heavy atom. The molecule has 18 heavy (non-hydrogen) atoms. The summed E-state index contributed by atoms with van der Waals surface area (Å²) in [7, 11) is 4.09. The van der Waals surface area contributed by atoms with Gasteiger partial charge in [0.05, 0.1) is 0 Å². The molecule has 0 aliphatic carbocycles. The van der Waals surface area contributed by atoms with Crippen molar-refractivity contribution in [3.63, 3.8) is 0 Å². The standard InChI is InChI=1S/C13H20N2O.2ClH/c1-15(2)11-3-5-12(6-4-11)16-13-7-9-14-10-8-13;;/h3-6,13-14H,7-10H2,1-2H3;2*1H. The van der Waals surface area contributed by atoms with E-state index < -0.39 is 0 Å². The summed E-state index contributed by atoms with van der Waals surface area (Å²) in [5.74, 6) is 0.984. The summed E-state index contributed by atoms with van der Waals surface area (Å²) >= 11 is 0. The Morgan fingerprint density at radius 2 is 1.61 bits per heavy atom. The van der Waals surface area contributed by atoms with Gasteiger partial charge in [0.15, 0.2) is 0 Å². The molecule has 1 aliphatic rings. The van der Waals surface area contributed by atoms with Crippen molar-refractivity contribution in [2.75, 3.05) is 32.1 Å². The molecule has 1 N–H and O–H groups in total. The molecule has 5 heteroatoms. The lowest BCUT2D eigenvalue weighted by Crippen LogP contribution is -2.34. The third-order valence-corrected chi connectivity index (χ3v) is 2.94. The molecule has 0 saturated carbocycles. The summed E-state index contributed by atoms with van der Waals surface area (Å²) in [5.41, 5.74) is 1.21. The summed E-state index contributed by atoms with van der Waals surface area (Å²) in [4.78, 5) is 2.09. The molecule has 0 unspecified atom stereocenters. The fraction of sp³-hybridized carbons (Fsp3) is 0.538. The highest BCUT2D eigenvalue weighted by Gasteiger charge is 2.14. The fourth-order valence-electron chi connectivity index (χ4n) is 1.93. The molecule has 1 aliphatic heterocycles. The number of nitrogens with one attached hydrogen (secondary N) is 1. The Hall–Kier alpha value is -0.640. The van der Waals surface area contributed by atoms with Gasteiger partial charge >= 0.3 is 0 Å². The number of rotatable bonds is 3. The maximum atomic E-state index is 5.93. The van der Waals surface area contributed by atoms with Crippen LogP contribution in [0.4, 0.5) is 5.69 Å². The first-order valence-electron chi connectivity index (χ1n) is 5.90. The van der Waals surface area contributed by atoms with Crippen LogP contribution in [0, 0.1) is 0 Å². The van der Waals surface area contributed by atoms with E-state index in [1.54, 1.807) is 0 Å². The van der Waals surface area contributed by atoms with E-state index in [2.05, 4.69) is 34.5 Å². The number of piperidine rings is 1. The molecule has 1 aromatic carbocycles. The normalized spacial score (nSPS) is 15.2. The third-order valence-electron chi connectivity index (χ3n) is 2.94. The lowest BCUT2D eigenvalue weighted by molar-refractivity contribution is 0.162. The van der Waals surface area contributed by atoms with Gasteiger partial charge in [0.1, 0.15) is 11.9 Å². The van der Waals surface area contributed by atoms with Crippen LogP contribution in [0.15, 0.2) is 24.3 Å². The van der Waals surface area contributed by atoms with Crippen molar-refractivity contribution in [1.82, 2.24) is 5.32 Å². The monoisotopic (exact) mass is 292 g/mol. The van der Waals surface area contributed by atoms with Gasteiger partial charge in [-0.2, -0.15) is 0 Å². The van der Waals surface area contributed by atoms with Crippen LogP contribution >= 0.6 is 24.8 Å². The van der Waals surface area contributed by atoms with E-state index in [1.165, 1.54) is 5.69 Å². The number of hydrogen-bond acceptors (Lipinski definition) is 3. The predicted octanol–water partition coefficient (Wildman–Crippen LogP) is 2.73. The summed E-state index contributed by atoms with van der Waals surface area (Å²) in [6.07, 6.45) is 2.59. The first-order valence-corrected chi connectivity index (χ1v) is 5.90. The Bertz CT molecular complexity index is 324. The van der Waals surface area contributed by atoms with Crippen LogP contribution in [0.1, 0.15) is 12.8 Å². The van der Waals surface area contributed by atoms with E-state index in [9.17, 15) is 0 Å². The van der Waals surface area contributed by atoms with E-state index in [-0.39, 0.29) is 24.8 Å². The van der Waals surface area contributed by atoms with Gasteiger partial charge in [-0.3, -0.25) is 0 Å². The first-order chi connectivity index (χ1) is 7.75. The van der Waals surface area contributed by atoms with Crippen molar-refractivity contribution >= 4 is 30.5 Å². The molecule has 0 atom stereocenters. The largest absolute Gasteiger partial charge is 0.490 e. The Labute approximate surface area is 122 Å². The van der Waals surface area contributed by atoms with Gasteiger partial charge < -0.3 is 15.0 Å². The zero-order valence-corrected chi connectivity index (χ0v) is 12.5. The molecule has 0 amide bonds. The molecule has 1 heterocycles. The first kappa shape index (κ1) is 17.4. The zero-order chi connectivity index (χ0) is 11.4. The highest BCUT2D eigenvalue weighted by atomic mass is 35.5. The average Bonchev–Trinajstić information content (AvgIpc) is 2.31. The molecular weight excluding hydrogens is 271 g/mol. The van der Waals surface area contributed by atoms with E-state index in [4.69, 9.17) is 4.74 Å². The quantitative estimate of drug-likeness (QED) is 0.927. The highest BCUT2D eigenvalue weighted by molar-refractivity contribution is 5.85. The number of hydrogen-bond donors (Lipinski definition) is 1. The van der Waals surface area contributed by atoms with Crippen LogP contribution in [0.2, 0.25) is 0 Å². The maximum absolute atomic E-state index is 5.93. The lowest BCUT2D eigenvalue weighted by atomic mass is 10.1. The van der Waals surface area contributed by atoms with Gasteiger partial charge in [0, 0.05) is 19.8 Å². The molecule has 2 rings (SSSR count). The molecule has 1 saturated heterocycles. The van der Waals surface area contributed by atoms with Crippen molar-refractivity contribution in [1.29, 1.82) is 0 Å². The van der Waals surface area contributed by atoms with E-state index in [0.29, 0.717) is 6.10 Å². The Balaban J connectivity index is 0.00000144. The molecule has 1 aromatic rings. The van der Waals surface area contributed by atoms with Crippen LogP contribution in [0.25, 0.3) is 0 Å². The smallest absolute Gasteiger partial charge is 0.119 e. The van der Waals surface area contributed by atoms with Crippen molar-refractivity contribution < 1.29 is 4.74 Å². The van der Waals surface area contributed by atoms with Gasteiger partial charge in [-0.25, -0.2) is 0 Å². The van der Waals surface area contributed by atoms with Gasteiger partial charge in [-0.05, 0) is 50.2 Å². The molecule has 3 nitrogen and oxygen atoms in total. The van der Waals surface area contributed by atoms with Gasteiger partial charge in [0.25, 0.3) is 0 Å². The topological polar surface area (TPSA) is 24.5 Å². The molecule has 0 radical (unpaired) electrons. The molecule has 0 bridgehead atoms. The van der Waals surface area contributed by atoms with Gasteiger partial charge in [-0.15, -0.1) is 24.8 Å². The van der Waals surface area contributed by atoms with Gasteiger partial charge in [-0.1, -0.05) is 0 Å². The van der Waals surface area contributed by atoms with Crippen molar-refractivity contribution in [3.8, 4) is 5.75 Å². The second kappa shape index (κ2) is 8.46. The second-order valence-corrected chi connectivity index (χ2v) is 4.46. The van der Waals surface area contributed by atoms with E-state index in [1.807, 2.05) is 14.1 Å². The lowest BCUT2D eigenvalue weighted by Gasteiger charge is -2.24. The SMILES string of the molecule is CN(C)c1ccc(OC2CCNCC2)cc1.Cl.Cl. The minimum atomic E-state index is 0. The minimum Gasteiger partial charge on any atom is -0.490 e.